The van der Waals surface area contributed by atoms with Crippen molar-refractivity contribution in [1.29, 1.82) is 0 Å². The molecule has 1 aromatic rings. The summed E-state index contributed by atoms with van der Waals surface area (Å²) in [6.07, 6.45) is 11.3. The lowest BCUT2D eigenvalue weighted by Crippen LogP contribution is -2.49. The summed E-state index contributed by atoms with van der Waals surface area (Å²) in [5.41, 5.74) is 4.12. The molecule has 1 aromatic carbocycles. The number of hydroxylamine groups is 1. The van der Waals surface area contributed by atoms with E-state index in [1.165, 1.54) is 50.5 Å². The van der Waals surface area contributed by atoms with Crippen LogP contribution in [0.3, 0.4) is 0 Å². The molecule has 5 rings (SSSR count). The summed E-state index contributed by atoms with van der Waals surface area (Å²) < 4.78 is 0. The van der Waals surface area contributed by atoms with Crippen LogP contribution in [-0.2, 0) is 6.42 Å². The number of nitrogens with one attached hydrogen (secondary N) is 1. The number of amides is 1. The Kier molecular flexibility index (Phi) is 4.16. The second kappa shape index (κ2) is 6.18. The monoisotopic (exact) mass is 327 g/mol. The second-order valence-corrected chi connectivity index (χ2v) is 8.86. The van der Waals surface area contributed by atoms with Crippen molar-refractivity contribution in [2.24, 2.45) is 29.1 Å². The van der Waals surface area contributed by atoms with E-state index in [2.05, 4.69) is 6.92 Å². The highest BCUT2D eigenvalue weighted by atomic mass is 16.5. The van der Waals surface area contributed by atoms with Crippen molar-refractivity contribution in [3.63, 3.8) is 0 Å². The Morgan fingerprint density at radius 2 is 1.67 bits per heavy atom. The standard InChI is InChI=1S/C21H29NO2/c1-14(2-3-15-4-6-19(7-5-15)20(23)22-24)21-11-16-8-17(12-21)10-18(9-16)13-21/h4-7,14,16-18,24H,2-3,8-13H2,1H3,(H,22,23). The minimum atomic E-state index is -0.441. The highest BCUT2D eigenvalue weighted by Crippen LogP contribution is 2.63. The summed E-state index contributed by atoms with van der Waals surface area (Å²) >= 11 is 0. The van der Waals surface area contributed by atoms with Crippen molar-refractivity contribution in [1.82, 2.24) is 5.48 Å². The first-order valence-corrected chi connectivity index (χ1v) is 9.61. The molecule has 1 amide bonds. The lowest BCUT2D eigenvalue weighted by molar-refractivity contribution is -0.0846. The zero-order valence-corrected chi connectivity index (χ0v) is 14.6. The van der Waals surface area contributed by atoms with Gasteiger partial charge in [-0.25, -0.2) is 5.48 Å². The fourth-order valence-electron chi connectivity index (χ4n) is 6.36. The zero-order chi connectivity index (χ0) is 16.7. The fourth-order valence-corrected chi connectivity index (χ4v) is 6.36. The van der Waals surface area contributed by atoms with Crippen molar-refractivity contribution in [2.45, 2.75) is 58.3 Å². The highest BCUT2D eigenvalue weighted by molar-refractivity contribution is 5.93. The van der Waals surface area contributed by atoms with Gasteiger partial charge in [-0.3, -0.25) is 10.0 Å². The Bertz CT molecular complexity index is 571. The van der Waals surface area contributed by atoms with Crippen LogP contribution in [0.25, 0.3) is 0 Å². The van der Waals surface area contributed by atoms with Gasteiger partial charge in [0.2, 0.25) is 0 Å². The topological polar surface area (TPSA) is 49.3 Å². The van der Waals surface area contributed by atoms with Gasteiger partial charge in [0.1, 0.15) is 0 Å². The molecule has 0 aromatic heterocycles. The van der Waals surface area contributed by atoms with Crippen LogP contribution < -0.4 is 5.48 Å². The predicted molar refractivity (Wildman–Crippen MR) is 93.8 cm³/mol. The number of benzene rings is 1. The molecule has 3 nitrogen and oxygen atoms in total. The van der Waals surface area contributed by atoms with Gasteiger partial charge in [0.25, 0.3) is 5.91 Å². The van der Waals surface area contributed by atoms with Gasteiger partial charge in [0.05, 0.1) is 0 Å². The number of rotatable bonds is 5. The first-order valence-electron chi connectivity index (χ1n) is 9.61. The van der Waals surface area contributed by atoms with Crippen LogP contribution in [0.2, 0.25) is 0 Å². The molecule has 0 radical (unpaired) electrons. The molecule has 0 saturated heterocycles. The molecule has 2 N–H and O–H groups in total. The fraction of sp³-hybridized carbons (Fsp3) is 0.667. The first-order chi connectivity index (χ1) is 11.6. The maximum atomic E-state index is 11.4. The molecule has 4 saturated carbocycles. The quantitative estimate of drug-likeness (QED) is 0.614. The average Bonchev–Trinajstić information content (AvgIpc) is 2.58. The summed E-state index contributed by atoms with van der Waals surface area (Å²) in [4.78, 5) is 11.4. The molecule has 130 valence electrons. The molecule has 1 atom stereocenters. The number of hydrogen-bond acceptors (Lipinski definition) is 2. The number of aryl methyl sites for hydroxylation is 1. The van der Waals surface area contributed by atoms with E-state index < -0.39 is 5.91 Å². The van der Waals surface area contributed by atoms with Crippen molar-refractivity contribution in [2.75, 3.05) is 0 Å². The minimum Gasteiger partial charge on any atom is -0.288 e. The smallest absolute Gasteiger partial charge is 0.274 e. The average molecular weight is 327 g/mol. The third-order valence-electron chi connectivity index (χ3n) is 7.31. The van der Waals surface area contributed by atoms with Gasteiger partial charge in [-0.15, -0.1) is 0 Å². The molecule has 4 bridgehead atoms. The Morgan fingerprint density at radius 1 is 1.12 bits per heavy atom. The van der Waals surface area contributed by atoms with Gasteiger partial charge in [0.15, 0.2) is 0 Å². The van der Waals surface area contributed by atoms with E-state index in [4.69, 9.17) is 5.21 Å². The van der Waals surface area contributed by atoms with Crippen LogP contribution in [0.1, 0.15) is 67.8 Å². The number of carbonyl (C=O) groups is 1. The van der Waals surface area contributed by atoms with Crippen LogP contribution in [0, 0.1) is 29.1 Å². The Balaban J connectivity index is 1.38. The van der Waals surface area contributed by atoms with E-state index in [0.29, 0.717) is 11.0 Å². The van der Waals surface area contributed by atoms with E-state index in [9.17, 15) is 4.79 Å². The van der Waals surface area contributed by atoms with Gasteiger partial charge in [-0.1, -0.05) is 19.1 Å². The summed E-state index contributed by atoms with van der Waals surface area (Å²) in [7, 11) is 0. The Hall–Kier alpha value is -1.35. The largest absolute Gasteiger partial charge is 0.288 e. The molecular weight excluding hydrogens is 298 g/mol. The van der Waals surface area contributed by atoms with Crippen LogP contribution >= 0.6 is 0 Å². The van der Waals surface area contributed by atoms with E-state index in [0.717, 1.165) is 30.1 Å². The van der Waals surface area contributed by atoms with E-state index >= 15 is 0 Å². The number of carbonyl (C=O) groups excluding carboxylic acids is 1. The van der Waals surface area contributed by atoms with Crippen molar-refractivity contribution < 1.29 is 10.0 Å². The molecule has 0 aliphatic heterocycles. The first kappa shape index (κ1) is 16.1. The maximum absolute atomic E-state index is 11.4. The van der Waals surface area contributed by atoms with Gasteiger partial charge in [-0.2, -0.15) is 0 Å². The molecule has 1 unspecified atom stereocenters. The zero-order valence-electron chi connectivity index (χ0n) is 14.6. The number of hydrogen-bond donors (Lipinski definition) is 2. The van der Waals surface area contributed by atoms with Crippen molar-refractivity contribution >= 4 is 5.91 Å². The van der Waals surface area contributed by atoms with E-state index in [1.54, 1.807) is 17.6 Å². The molecule has 4 aliphatic rings. The normalized spacial score (nSPS) is 35.0. The summed E-state index contributed by atoms with van der Waals surface area (Å²) in [6, 6.07) is 7.65. The van der Waals surface area contributed by atoms with Gasteiger partial charge in [-0.05, 0) is 98.1 Å². The SMILES string of the molecule is CC(CCc1ccc(C(=O)NO)cc1)C12CC3CC(CC(C3)C1)C2. The highest BCUT2D eigenvalue weighted by Gasteiger charge is 2.52. The van der Waals surface area contributed by atoms with Crippen LogP contribution in [-0.4, -0.2) is 11.1 Å². The molecule has 3 heteroatoms. The molecule has 4 aliphatic carbocycles. The molecule has 0 spiro atoms. The van der Waals surface area contributed by atoms with Gasteiger partial charge in [0, 0.05) is 5.56 Å². The lowest BCUT2D eigenvalue weighted by Gasteiger charge is -2.59. The third-order valence-corrected chi connectivity index (χ3v) is 7.31. The Morgan fingerprint density at radius 3 is 2.17 bits per heavy atom. The molecule has 24 heavy (non-hydrogen) atoms. The molecular formula is C21H29NO2. The van der Waals surface area contributed by atoms with Crippen LogP contribution in [0.5, 0.6) is 0 Å². The summed E-state index contributed by atoms with van der Waals surface area (Å²) in [6.45, 7) is 2.49. The molecule has 0 heterocycles. The predicted octanol–water partition coefficient (Wildman–Crippen LogP) is 4.59. The molecule has 4 fully saturated rings. The second-order valence-electron chi connectivity index (χ2n) is 8.86. The van der Waals surface area contributed by atoms with Crippen LogP contribution in [0.4, 0.5) is 0 Å². The summed E-state index contributed by atoms with van der Waals surface area (Å²) in [5.74, 6) is 3.43. The summed E-state index contributed by atoms with van der Waals surface area (Å²) in [5, 5.41) is 8.69. The van der Waals surface area contributed by atoms with Crippen LogP contribution in [0.15, 0.2) is 24.3 Å². The minimum absolute atomic E-state index is 0.441. The van der Waals surface area contributed by atoms with E-state index in [-0.39, 0.29) is 0 Å². The lowest BCUT2D eigenvalue weighted by atomic mass is 9.46. The Labute approximate surface area is 144 Å². The van der Waals surface area contributed by atoms with E-state index in [1.807, 2.05) is 12.1 Å². The maximum Gasteiger partial charge on any atom is 0.274 e. The van der Waals surface area contributed by atoms with Gasteiger partial charge >= 0.3 is 0 Å². The third kappa shape index (κ3) is 2.88. The van der Waals surface area contributed by atoms with Crippen molar-refractivity contribution in [3.8, 4) is 0 Å². The van der Waals surface area contributed by atoms with Gasteiger partial charge < -0.3 is 0 Å². The van der Waals surface area contributed by atoms with Crippen molar-refractivity contribution in [3.05, 3.63) is 35.4 Å².